The van der Waals surface area contributed by atoms with E-state index in [1.54, 1.807) is 6.07 Å². The van der Waals surface area contributed by atoms with Crippen LogP contribution in [0.1, 0.15) is 48.4 Å². The Morgan fingerprint density at radius 1 is 1.50 bits per heavy atom. The Balaban J connectivity index is 2.74. The van der Waals surface area contributed by atoms with Gasteiger partial charge in [0, 0.05) is 11.9 Å². The molecule has 1 amide bonds. The van der Waals surface area contributed by atoms with E-state index in [1.807, 2.05) is 20.8 Å². The van der Waals surface area contributed by atoms with E-state index in [4.69, 9.17) is 11.6 Å². The van der Waals surface area contributed by atoms with Crippen molar-refractivity contribution < 1.29 is 4.79 Å². The number of alkyl halides is 1. The Hall–Kier alpha value is -1.16. The maximum Gasteiger partial charge on any atom is 0.253 e. The highest BCUT2D eigenvalue weighted by Gasteiger charge is 2.14. The quantitative estimate of drug-likeness (QED) is 0.808. The van der Waals surface area contributed by atoms with Crippen LogP contribution in [0.3, 0.4) is 0 Å². The standard InChI is InChI=1S/C13H20ClN3O/c1-4-12-11(8-10(3)16-17-12)13(18)15-9(2)6-5-7-14/h8-9H,4-7H2,1-3H3,(H,15,18). The number of halogens is 1. The van der Waals surface area contributed by atoms with Gasteiger partial charge in [-0.2, -0.15) is 10.2 Å². The lowest BCUT2D eigenvalue weighted by Crippen LogP contribution is -2.33. The van der Waals surface area contributed by atoms with E-state index in [-0.39, 0.29) is 11.9 Å². The number of aromatic nitrogens is 2. The van der Waals surface area contributed by atoms with E-state index in [2.05, 4.69) is 15.5 Å². The lowest BCUT2D eigenvalue weighted by Gasteiger charge is -2.14. The largest absolute Gasteiger partial charge is 0.350 e. The Labute approximate surface area is 113 Å². The number of nitrogens with zero attached hydrogens (tertiary/aromatic N) is 2. The van der Waals surface area contributed by atoms with E-state index in [0.717, 1.165) is 24.2 Å². The van der Waals surface area contributed by atoms with Crippen LogP contribution < -0.4 is 5.32 Å². The summed E-state index contributed by atoms with van der Waals surface area (Å²) in [5.74, 6) is 0.544. The molecule has 1 unspecified atom stereocenters. The van der Waals surface area contributed by atoms with Gasteiger partial charge in [0.1, 0.15) is 0 Å². The molecule has 1 aromatic heterocycles. The molecule has 1 N–H and O–H groups in total. The SMILES string of the molecule is CCc1nnc(C)cc1C(=O)NC(C)CCCCl. The average Bonchev–Trinajstić information content (AvgIpc) is 2.36. The van der Waals surface area contributed by atoms with E-state index in [9.17, 15) is 4.79 Å². The first kappa shape index (κ1) is 14.9. The number of amides is 1. The van der Waals surface area contributed by atoms with Gasteiger partial charge in [0.25, 0.3) is 5.91 Å². The number of carbonyl (C=O) groups is 1. The molecule has 0 saturated carbocycles. The molecule has 5 heteroatoms. The Bertz CT molecular complexity index is 409. The third-order valence-corrected chi connectivity index (χ3v) is 2.99. The van der Waals surface area contributed by atoms with Gasteiger partial charge in [-0.05, 0) is 39.2 Å². The Morgan fingerprint density at radius 3 is 2.83 bits per heavy atom. The predicted octanol–water partition coefficient (Wildman–Crippen LogP) is 2.48. The monoisotopic (exact) mass is 269 g/mol. The molecule has 0 spiro atoms. The maximum atomic E-state index is 12.1. The molecule has 100 valence electrons. The molecule has 0 aliphatic rings. The van der Waals surface area contributed by atoms with Gasteiger partial charge in [0.15, 0.2) is 0 Å². The van der Waals surface area contributed by atoms with Crippen LogP contribution in [0, 0.1) is 6.92 Å². The topological polar surface area (TPSA) is 54.9 Å². The van der Waals surface area contributed by atoms with E-state index >= 15 is 0 Å². The van der Waals surface area contributed by atoms with Crippen LogP contribution in [0.25, 0.3) is 0 Å². The first-order valence-corrected chi connectivity index (χ1v) is 6.82. The summed E-state index contributed by atoms with van der Waals surface area (Å²) in [6, 6.07) is 1.91. The van der Waals surface area contributed by atoms with Gasteiger partial charge in [-0.3, -0.25) is 4.79 Å². The Morgan fingerprint density at radius 2 is 2.22 bits per heavy atom. The van der Waals surface area contributed by atoms with Gasteiger partial charge in [-0.25, -0.2) is 0 Å². The van der Waals surface area contributed by atoms with Crippen molar-refractivity contribution in [2.75, 3.05) is 5.88 Å². The molecule has 1 atom stereocenters. The van der Waals surface area contributed by atoms with Crippen LogP contribution in [-0.4, -0.2) is 28.0 Å². The molecular weight excluding hydrogens is 250 g/mol. The van der Waals surface area contributed by atoms with Gasteiger partial charge in [-0.15, -0.1) is 11.6 Å². The fourth-order valence-electron chi connectivity index (χ4n) is 1.73. The third-order valence-electron chi connectivity index (χ3n) is 2.72. The van der Waals surface area contributed by atoms with Crippen molar-refractivity contribution in [3.63, 3.8) is 0 Å². The van der Waals surface area contributed by atoms with Gasteiger partial charge >= 0.3 is 0 Å². The van der Waals surface area contributed by atoms with Crippen molar-refractivity contribution in [2.24, 2.45) is 0 Å². The molecule has 0 bridgehead atoms. The molecule has 0 aliphatic carbocycles. The van der Waals surface area contributed by atoms with Crippen LogP contribution in [-0.2, 0) is 6.42 Å². The highest BCUT2D eigenvalue weighted by atomic mass is 35.5. The van der Waals surface area contributed by atoms with Crippen LogP contribution in [0.5, 0.6) is 0 Å². The van der Waals surface area contributed by atoms with Gasteiger partial charge in [-0.1, -0.05) is 6.92 Å². The summed E-state index contributed by atoms with van der Waals surface area (Å²) in [7, 11) is 0. The van der Waals surface area contributed by atoms with Crippen LogP contribution in [0.15, 0.2) is 6.07 Å². The molecule has 0 radical (unpaired) electrons. The third kappa shape index (κ3) is 4.26. The lowest BCUT2D eigenvalue weighted by atomic mass is 10.1. The first-order valence-electron chi connectivity index (χ1n) is 6.28. The van der Waals surface area contributed by atoms with Gasteiger partial charge < -0.3 is 5.32 Å². The molecule has 0 fully saturated rings. The second kappa shape index (κ2) is 7.31. The molecule has 1 rings (SSSR count). The summed E-state index contributed by atoms with van der Waals surface area (Å²) >= 11 is 5.64. The lowest BCUT2D eigenvalue weighted by molar-refractivity contribution is 0.0936. The van der Waals surface area contributed by atoms with Crippen molar-refractivity contribution in [2.45, 2.75) is 46.1 Å². The summed E-state index contributed by atoms with van der Waals surface area (Å²) in [5, 5.41) is 11.0. The van der Waals surface area contributed by atoms with Crippen molar-refractivity contribution >= 4 is 17.5 Å². The summed E-state index contributed by atoms with van der Waals surface area (Å²) < 4.78 is 0. The molecule has 1 aromatic rings. The number of hydrogen-bond donors (Lipinski definition) is 1. The summed E-state index contributed by atoms with van der Waals surface area (Å²) in [5.41, 5.74) is 2.12. The van der Waals surface area contributed by atoms with E-state index < -0.39 is 0 Å². The van der Waals surface area contributed by atoms with E-state index in [1.165, 1.54) is 0 Å². The smallest absolute Gasteiger partial charge is 0.253 e. The second-order valence-electron chi connectivity index (χ2n) is 4.41. The van der Waals surface area contributed by atoms with Crippen molar-refractivity contribution in [1.29, 1.82) is 0 Å². The number of rotatable bonds is 6. The summed E-state index contributed by atoms with van der Waals surface area (Å²) in [6.07, 6.45) is 2.48. The molecular formula is C13H20ClN3O. The van der Waals surface area contributed by atoms with Crippen LogP contribution in [0.2, 0.25) is 0 Å². The first-order chi connectivity index (χ1) is 8.58. The molecule has 18 heavy (non-hydrogen) atoms. The predicted molar refractivity (Wildman–Crippen MR) is 73.0 cm³/mol. The van der Waals surface area contributed by atoms with Gasteiger partial charge in [0.05, 0.1) is 17.0 Å². The fraction of sp³-hybridized carbons (Fsp3) is 0.615. The fourth-order valence-corrected chi connectivity index (χ4v) is 1.88. The second-order valence-corrected chi connectivity index (χ2v) is 4.78. The highest BCUT2D eigenvalue weighted by molar-refractivity contribution is 6.17. The number of hydrogen-bond acceptors (Lipinski definition) is 3. The Kier molecular flexibility index (Phi) is 6.05. The van der Waals surface area contributed by atoms with Gasteiger partial charge in [0.2, 0.25) is 0 Å². The maximum absolute atomic E-state index is 12.1. The number of nitrogens with one attached hydrogen (secondary N) is 1. The van der Waals surface area contributed by atoms with Crippen molar-refractivity contribution in [3.05, 3.63) is 23.0 Å². The zero-order chi connectivity index (χ0) is 13.5. The summed E-state index contributed by atoms with van der Waals surface area (Å²) in [4.78, 5) is 12.1. The van der Waals surface area contributed by atoms with Crippen LogP contribution >= 0.6 is 11.6 Å². The molecule has 0 aromatic carbocycles. The van der Waals surface area contributed by atoms with Crippen LogP contribution in [0.4, 0.5) is 0 Å². The molecule has 4 nitrogen and oxygen atoms in total. The van der Waals surface area contributed by atoms with E-state index in [0.29, 0.717) is 17.9 Å². The molecule has 0 aliphatic heterocycles. The minimum absolute atomic E-state index is 0.0769. The zero-order valence-corrected chi connectivity index (χ0v) is 11.9. The van der Waals surface area contributed by atoms with Crippen molar-refractivity contribution in [3.8, 4) is 0 Å². The van der Waals surface area contributed by atoms with Crippen molar-refractivity contribution in [1.82, 2.24) is 15.5 Å². The minimum Gasteiger partial charge on any atom is -0.350 e. The highest BCUT2D eigenvalue weighted by Crippen LogP contribution is 2.08. The molecule has 0 saturated heterocycles. The zero-order valence-electron chi connectivity index (χ0n) is 11.2. The number of aryl methyl sites for hydroxylation is 2. The molecule has 1 heterocycles. The number of carbonyl (C=O) groups excluding carboxylic acids is 1. The average molecular weight is 270 g/mol. The normalized spacial score (nSPS) is 12.2. The summed E-state index contributed by atoms with van der Waals surface area (Å²) in [6.45, 7) is 5.78. The minimum atomic E-state index is -0.0769.